The van der Waals surface area contributed by atoms with Crippen molar-refractivity contribution < 1.29 is 62.2 Å². The van der Waals surface area contributed by atoms with Gasteiger partial charge < -0.3 is 43.0 Å². The molecule has 0 radical (unpaired) electrons. The summed E-state index contributed by atoms with van der Waals surface area (Å²) in [7, 11) is 0. The number of ether oxygens (including phenoxy) is 8. The predicted octanol–water partition coefficient (Wildman–Crippen LogP) is 8.06. The second kappa shape index (κ2) is 27.0. The first-order valence-electron chi connectivity index (χ1n) is 24.1. The molecule has 0 saturated carbocycles. The number of rotatable bonds is 22. The van der Waals surface area contributed by atoms with Crippen LogP contribution in [-0.4, -0.2) is 109 Å². The molecule has 4 aliphatic rings. The van der Waals surface area contributed by atoms with Gasteiger partial charge in [0.25, 0.3) is 0 Å². The Morgan fingerprint density at radius 3 is 1.50 bits per heavy atom. The highest BCUT2D eigenvalue weighted by Gasteiger charge is 2.51. The van der Waals surface area contributed by atoms with Crippen molar-refractivity contribution in [3.8, 4) is 0 Å². The van der Waals surface area contributed by atoms with Gasteiger partial charge in [-0.05, 0) is 60.8 Å². The Labute approximate surface area is 403 Å². The molecule has 0 aliphatic carbocycles. The number of aliphatic hydroxyl groups excluding tert-OH is 1. The van der Waals surface area contributed by atoms with Crippen molar-refractivity contribution >= 4 is 23.5 Å². The van der Waals surface area contributed by atoms with Gasteiger partial charge in [0, 0.05) is 31.6 Å². The summed E-state index contributed by atoms with van der Waals surface area (Å²) >= 11 is 0. The van der Waals surface area contributed by atoms with Gasteiger partial charge in [-0.3, -0.25) is 19.2 Å². The van der Waals surface area contributed by atoms with Crippen LogP contribution in [0.15, 0.2) is 110 Å². The van der Waals surface area contributed by atoms with E-state index in [1.807, 2.05) is 88.4 Å². The Morgan fingerprint density at radius 2 is 1.06 bits per heavy atom. The van der Waals surface area contributed by atoms with E-state index in [0.29, 0.717) is 45.5 Å². The number of aliphatic hydroxyl groups is 1. The van der Waals surface area contributed by atoms with Gasteiger partial charge in [0.05, 0.1) is 69.2 Å². The molecule has 0 amide bonds. The Balaban J connectivity index is 0.000000254. The normalized spacial score (nSPS) is 30.6. The third-order valence-electron chi connectivity index (χ3n) is 13.0. The zero-order valence-corrected chi connectivity index (χ0v) is 40.9. The van der Waals surface area contributed by atoms with Gasteiger partial charge in [0.2, 0.25) is 0 Å². The smallest absolute Gasteiger partial charge is 0.302 e. The largest absolute Gasteiger partial charge is 0.466 e. The molecule has 0 aromatic heterocycles. The fourth-order valence-corrected chi connectivity index (χ4v) is 9.46. The van der Waals surface area contributed by atoms with E-state index in [-0.39, 0.29) is 84.3 Å². The van der Waals surface area contributed by atoms with Crippen LogP contribution in [0.2, 0.25) is 0 Å². The van der Waals surface area contributed by atoms with Crippen LogP contribution in [0.1, 0.15) is 85.3 Å². The van der Waals surface area contributed by atoms with Gasteiger partial charge in [-0.15, -0.1) is 13.2 Å². The highest BCUT2D eigenvalue weighted by molar-refractivity contribution is 5.95. The van der Waals surface area contributed by atoms with E-state index < -0.39 is 42.5 Å². The maximum Gasteiger partial charge on any atom is 0.302 e. The number of benzene rings is 2. The summed E-state index contributed by atoms with van der Waals surface area (Å²) < 4.78 is 47.9. The summed E-state index contributed by atoms with van der Waals surface area (Å²) in [5.41, 5.74) is 2.09. The van der Waals surface area contributed by atoms with Gasteiger partial charge >= 0.3 is 11.9 Å². The van der Waals surface area contributed by atoms with Crippen LogP contribution in [0.5, 0.6) is 0 Å². The minimum atomic E-state index is -0.940. The van der Waals surface area contributed by atoms with Gasteiger partial charge in [0.15, 0.2) is 11.6 Å². The Bertz CT molecular complexity index is 1840. The molecule has 13 heteroatoms. The maximum absolute atomic E-state index is 12.7. The molecule has 2 unspecified atom stereocenters. The topological polar surface area (TPSA) is 162 Å². The van der Waals surface area contributed by atoms with E-state index >= 15 is 0 Å². The molecule has 68 heavy (non-hydrogen) atoms. The third-order valence-corrected chi connectivity index (χ3v) is 13.0. The van der Waals surface area contributed by atoms with E-state index in [2.05, 4.69) is 20.1 Å². The summed E-state index contributed by atoms with van der Waals surface area (Å²) in [6, 6.07) is 19.8. The predicted molar refractivity (Wildman–Crippen MR) is 257 cm³/mol. The molecule has 2 aromatic carbocycles. The molecule has 6 rings (SSSR count). The quantitative estimate of drug-likeness (QED) is 0.0892. The molecule has 2 saturated heterocycles. The molecule has 4 aliphatic heterocycles. The number of carbonyl (C=O) groups is 4. The van der Waals surface area contributed by atoms with Gasteiger partial charge in [-0.25, -0.2) is 0 Å². The van der Waals surface area contributed by atoms with Crippen LogP contribution in [-0.2, 0) is 70.3 Å². The monoisotopic (exact) mass is 943 g/mol. The molecule has 4 heterocycles. The molecule has 0 bridgehead atoms. The first-order chi connectivity index (χ1) is 32.6. The first-order valence-corrected chi connectivity index (χ1v) is 24.1. The third kappa shape index (κ3) is 15.7. The second-order valence-electron chi connectivity index (χ2n) is 18.9. The van der Waals surface area contributed by atoms with Crippen molar-refractivity contribution in [3.05, 3.63) is 121 Å². The molecule has 0 spiro atoms. The lowest BCUT2D eigenvalue weighted by atomic mass is 9.84. The summed E-state index contributed by atoms with van der Waals surface area (Å²) in [5.74, 6) is -1.15. The first kappa shape index (κ1) is 54.3. The number of ketones is 2. The van der Waals surface area contributed by atoms with Gasteiger partial charge in [0.1, 0.15) is 24.4 Å². The standard InChI is InChI=1S/C28H38O6.C27H36O7/c1-6-10-23-13-14-24(30)27(33-23)19(3)26-20(4)28(32-17-22-11-8-7-9-12-22)25(34-26)15-18(2)16-31-21(5)29;1-5-9-21-12-13-22(29)25(33-21)18(3)26-24(30)27(32-16-20-10-7-6-8-11-20)23(34-26)14-17(2)15-31-19(4)28/h6-9,11-14,18-20,23,25-28H,1,10,15-17H2,2-5H3;5-8,10-13,17-18,21,23-27,30H,1,9,14-16H2,2-4H3/t18-,19+,20+,23-,25-,26+,27?,28-;17-,18-,21-,23-,24+,25?,26+,27+/m11/s1. The fraction of sp³-hybridized carbons (Fsp3) is 0.564. The fourth-order valence-electron chi connectivity index (χ4n) is 9.46. The van der Waals surface area contributed by atoms with E-state index in [9.17, 15) is 24.3 Å². The average Bonchev–Trinajstić information content (AvgIpc) is 3.80. The summed E-state index contributed by atoms with van der Waals surface area (Å²) in [6.45, 7) is 21.7. The molecule has 16 atom stereocenters. The van der Waals surface area contributed by atoms with E-state index in [0.717, 1.165) is 11.1 Å². The van der Waals surface area contributed by atoms with E-state index in [1.54, 1.807) is 36.5 Å². The molecule has 1 N–H and O–H groups in total. The van der Waals surface area contributed by atoms with Crippen molar-refractivity contribution in [2.45, 2.75) is 155 Å². The second-order valence-corrected chi connectivity index (χ2v) is 18.9. The van der Waals surface area contributed by atoms with Crippen molar-refractivity contribution in [3.63, 3.8) is 0 Å². The van der Waals surface area contributed by atoms with Crippen LogP contribution in [0, 0.1) is 29.6 Å². The van der Waals surface area contributed by atoms with Crippen molar-refractivity contribution in [2.75, 3.05) is 13.2 Å². The highest BCUT2D eigenvalue weighted by Crippen LogP contribution is 2.40. The zero-order chi connectivity index (χ0) is 49.3. The zero-order valence-electron chi connectivity index (χ0n) is 40.9. The number of hydrogen-bond acceptors (Lipinski definition) is 13. The van der Waals surface area contributed by atoms with Crippen LogP contribution < -0.4 is 0 Å². The van der Waals surface area contributed by atoms with Crippen LogP contribution in [0.4, 0.5) is 0 Å². The van der Waals surface area contributed by atoms with Gasteiger partial charge in [-0.1, -0.05) is 120 Å². The summed E-state index contributed by atoms with van der Waals surface area (Å²) in [6.07, 6.45) is 7.98. The van der Waals surface area contributed by atoms with Gasteiger partial charge in [-0.2, -0.15) is 0 Å². The van der Waals surface area contributed by atoms with E-state index in [1.165, 1.54) is 13.8 Å². The summed E-state index contributed by atoms with van der Waals surface area (Å²) in [4.78, 5) is 47.7. The Kier molecular flexibility index (Phi) is 21.6. The lowest BCUT2D eigenvalue weighted by Crippen LogP contribution is -2.46. The van der Waals surface area contributed by atoms with Crippen molar-refractivity contribution in [2.24, 2.45) is 29.6 Å². The molecule has 372 valence electrons. The van der Waals surface area contributed by atoms with Crippen LogP contribution in [0.3, 0.4) is 0 Å². The van der Waals surface area contributed by atoms with E-state index in [4.69, 9.17) is 37.9 Å². The Hall–Kier alpha value is -4.60. The summed E-state index contributed by atoms with van der Waals surface area (Å²) in [5, 5.41) is 11.2. The number of hydrogen-bond donors (Lipinski definition) is 1. The minimum Gasteiger partial charge on any atom is -0.466 e. The van der Waals surface area contributed by atoms with Crippen LogP contribution in [0.25, 0.3) is 0 Å². The van der Waals surface area contributed by atoms with Crippen LogP contribution >= 0.6 is 0 Å². The Morgan fingerprint density at radius 1 is 0.647 bits per heavy atom. The van der Waals surface area contributed by atoms with Crippen molar-refractivity contribution in [1.29, 1.82) is 0 Å². The molecular formula is C55H74O13. The lowest BCUT2D eigenvalue weighted by Gasteiger charge is -2.33. The highest BCUT2D eigenvalue weighted by atomic mass is 16.6. The maximum atomic E-state index is 12.7. The molecule has 13 nitrogen and oxygen atoms in total. The SMILES string of the molecule is C=CC[C@@H]1C=CC(=O)C([C@@H](C)[C@@H]2O[C@H](C[C@@H](C)COC(C)=O)[C@H](OCc3ccccc3)[C@H]2C)O1.C=CC[C@@H]1C=CC(=O)C([C@@H](C)[C@@H]2O[C@H](C[C@@H](C)COC(C)=O)[C@H](OCc3ccccc3)[C@H]2O)O1. The molecule has 2 aromatic rings. The average molecular weight is 943 g/mol. The minimum absolute atomic E-state index is 0.00505. The number of esters is 2. The van der Waals surface area contributed by atoms with Crippen molar-refractivity contribution in [1.82, 2.24) is 0 Å². The molecule has 2 fully saturated rings. The number of carbonyl (C=O) groups excluding carboxylic acids is 4. The molecular weight excluding hydrogens is 869 g/mol. The lowest BCUT2D eigenvalue weighted by molar-refractivity contribution is -0.144.